The number of rotatable bonds is 6. The highest BCUT2D eigenvalue weighted by atomic mass is 16.5. The second kappa shape index (κ2) is 10.7. The Hall–Kier alpha value is -3.39. The molecule has 2 aromatic carbocycles. The lowest BCUT2D eigenvalue weighted by atomic mass is 9.94. The number of anilines is 1. The third-order valence-electron chi connectivity index (χ3n) is 6.29. The first-order valence-corrected chi connectivity index (χ1v) is 11.7. The fourth-order valence-corrected chi connectivity index (χ4v) is 4.57. The summed E-state index contributed by atoms with van der Waals surface area (Å²) in [5, 5.41) is 5.68. The van der Waals surface area contributed by atoms with Crippen LogP contribution in [0.15, 0.2) is 48.5 Å². The van der Waals surface area contributed by atoms with Gasteiger partial charge < -0.3 is 25.0 Å². The molecule has 0 bridgehead atoms. The minimum absolute atomic E-state index is 0.0330. The fraction of sp³-hybridized carbons (Fsp3) is 0.423. The van der Waals surface area contributed by atoms with E-state index < -0.39 is 0 Å². The number of nitrogens with zero attached hydrogens (tertiary/aromatic N) is 1. The Bertz CT molecular complexity index is 1040. The number of fused-ring (bicyclic) bond motifs is 2. The molecule has 0 aliphatic carbocycles. The van der Waals surface area contributed by atoms with Gasteiger partial charge in [0.25, 0.3) is 5.91 Å². The molecular weight excluding hydrogens is 434 g/mol. The van der Waals surface area contributed by atoms with Crippen molar-refractivity contribution < 1.29 is 23.9 Å². The first kappa shape index (κ1) is 23.8. The topological polar surface area (TPSA) is 97.0 Å². The third-order valence-corrected chi connectivity index (χ3v) is 6.29. The second-order valence-electron chi connectivity index (χ2n) is 8.75. The molecule has 2 aromatic rings. The number of likely N-dealkylation sites (N-methyl/N-ethyl adjacent to an activating group) is 1. The molecule has 4 rings (SSSR count). The van der Waals surface area contributed by atoms with Crippen molar-refractivity contribution in [1.29, 1.82) is 0 Å². The quantitative estimate of drug-likeness (QED) is 0.684. The summed E-state index contributed by atoms with van der Waals surface area (Å²) in [5.41, 5.74) is 1.87. The molecular formula is C26H31N3O5. The summed E-state index contributed by atoms with van der Waals surface area (Å²) in [6.07, 6.45) is 1.46. The van der Waals surface area contributed by atoms with Crippen LogP contribution in [-0.2, 0) is 20.7 Å². The molecule has 0 unspecified atom stereocenters. The molecule has 8 heteroatoms. The molecule has 1 fully saturated rings. The number of amides is 3. The first-order chi connectivity index (χ1) is 16.4. The van der Waals surface area contributed by atoms with Gasteiger partial charge >= 0.3 is 0 Å². The zero-order valence-corrected chi connectivity index (χ0v) is 19.6. The zero-order valence-electron chi connectivity index (χ0n) is 19.6. The van der Waals surface area contributed by atoms with Gasteiger partial charge in [-0.3, -0.25) is 14.4 Å². The smallest absolute Gasteiger partial charge is 0.257 e. The van der Waals surface area contributed by atoms with Crippen LogP contribution in [0.25, 0.3) is 0 Å². The predicted octanol–water partition coefficient (Wildman–Crippen LogP) is 2.77. The average Bonchev–Trinajstić information content (AvgIpc) is 2.82. The Morgan fingerprint density at radius 2 is 1.88 bits per heavy atom. The molecule has 34 heavy (non-hydrogen) atoms. The maximum atomic E-state index is 13.3. The van der Waals surface area contributed by atoms with E-state index in [0.717, 1.165) is 12.0 Å². The summed E-state index contributed by atoms with van der Waals surface area (Å²) in [4.78, 5) is 39.5. The van der Waals surface area contributed by atoms with Crippen LogP contribution in [0.4, 0.5) is 5.69 Å². The van der Waals surface area contributed by atoms with Crippen LogP contribution in [0.1, 0.15) is 42.1 Å². The Morgan fingerprint density at radius 3 is 2.65 bits per heavy atom. The second-order valence-corrected chi connectivity index (χ2v) is 8.75. The maximum absolute atomic E-state index is 13.3. The van der Waals surface area contributed by atoms with E-state index >= 15 is 0 Å². The van der Waals surface area contributed by atoms with Crippen molar-refractivity contribution in [3.63, 3.8) is 0 Å². The van der Waals surface area contributed by atoms with Gasteiger partial charge in [-0.1, -0.05) is 30.3 Å². The minimum atomic E-state index is -0.319. The molecule has 2 N–H and O–H groups in total. The highest BCUT2D eigenvalue weighted by molar-refractivity contribution is 6.00. The Morgan fingerprint density at radius 1 is 1.09 bits per heavy atom. The van der Waals surface area contributed by atoms with Crippen molar-refractivity contribution in [3.8, 4) is 5.75 Å². The summed E-state index contributed by atoms with van der Waals surface area (Å²) < 4.78 is 12.2. The fourth-order valence-electron chi connectivity index (χ4n) is 4.57. The van der Waals surface area contributed by atoms with E-state index in [1.807, 2.05) is 37.3 Å². The normalized spacial score (nSPS) is 21.9. The standard InChI is InChI=1S/C26H31N3O5/c1-3-27-24(30)15-19-10-11-21-23(34-19)16-33-22-12-9-18(14-20(22)26(32)29(21)2)28-25(31)13-17-7-5-4-6-8-17/h4-9,12,14,19,21,23H,3,10-11,13,15-16H2,1-2H3,(H,27,30)(H,28,31)/t19-,21-,23+/m0/s1. The SMILES string of the molecule is CCNC(=O)C[C@@H]1CC[C@H]2[C@@H](COc3ccc(NC(=O)Cc4ccccc4)cc3C(=O)N2C)O1. The van der Waals surface area contributed by atoms with Crippen LogP contribution in [0.2, 0.25) is 0 Å². The van der Waals surface area contributed by atoms with Gasteiger partial charge in [-0.25, -0.2) is 0 Å². The lowest BCUT2D eigenvalue weighted by molar-refractivity contribution is -0.134. The van der Waals surface area contributed by atoms with E-state index in [4.69, 9.17) is 9.47 Å². The number of ether oxygens (including phenoxy) is 2. The van der Waals surface area contributed by atoms with Crippen molar-refractivity contribution in [2.24, 2.45) is 0 Å². The highest BCUT2D eigenvalue weighted by Crippen LogP contribution is 2.32. The average molecular weight is 466 g/mol. The monoisotopic (exact) mass is 465 g/mol. The van der Waals surface area contributed by atoms with Gasteiger partial charge in [0.05, 0.1) is 30.6 Å². The molecule has 2 heterocycles. The van der Waals surface area contributed by atoms with E-state index in [1.54, 1.807) is 30.1 Å². The van der Waals surface area contributed by atoms with Crippen LogP contribution < -0.4 is 15.4 Å². The molecule has 3 amide bonds. The van der Waals surface area contributed by atoms with Gasteiger partial charge in [0.1, 0.15) is 18.5 Å². The van der Waals surface area contributed by atoms with Crippen molar-refractivity contribution >= 4 is 23.4 Å². The van der Waals surface area contributed by atoms with E-state index in [1.165, 1.54) is 0 Å². The molecule has 0 saturated carbocycles. The lowest BCUT2D eigenvalue weighted by Crippen LogP contribution is -2.54. The van der Waals surface area contributed by atoms with Crippen LogP contribution in [-0.4, -0.2) is 61.1 Å². The van der Waals surface area contributed by atoms with Gasteiger partial charge in [0.2, 0.25) is 11.8 Å². The number of carbonyl (C=O) groups is 3. The van der Waals surface area contributed by atoms with Crippen LogP contribution in [0.3, 0.4) is 0 Å². The van der Waals surface area contributed by atoms with Crippen LogP contribution in [0, 0.1) is 0 Å². The number of nitrogens with one attached hydrogen (secondary N) is 2. The largest absolute Gasteiger partial charge is 0.490 e. The highest BCUT2D eigenvalue weighted by Gasteiger charge is 2.39. The summed E-state index contributed by atoms with van der Waals surface area (Å²) in [5.74, 6) is 0.0763. The predicted molar refractivity (Wildman–Crippen MR) is 128 cm³/mol. The van der Waals surface area contributed by atoms with Gasteiger partial charge in [-0.05, 0) is 43.5 Å². The van der Waals surface area contributed by atoms with Crippen molar-refractivity contribution in [2.45, 2.75) is 50.9 Å². The van der Waals surface area contributed by atoms with Crippen molar-refractivity contribution in [3.05, 3.63) is 59.7 Å². The molecule has 180 valence electrons. The Kier molecular flexibility index (Phi) is 7.47. The zero-order chi connectivity index (χ0) is 24.1. The number of carbonyl (C=O) groups excluding carboxylic acids is 3. The van der Waals surface area contributed by atoms with Gasteiger partial charge in [0, 0.05) is 19.3 Å². The van der Waals surface area contributed by atoms with E-state index in [2.05, 4.69) is 10.6 Å². The Labute approximate surface area is 199 Å². The summed E-state index contributed by atoms with van der Waals surface area (Å²) in [6, 6.07) is 14.4. The molecule has 0 radical (unpaired) electrons. The number of benzene rings is 2. The minimum Gasteiger partial charge on any atom is -0.490 e. The van der Waals surface area contributed by atoms with Gasteiger partial charge in [-0.15, -0.1) is 0 Å². The molecule has 0 spiro atoms. The van der Waals surface area contributed by atoms with Crippen LogP contribution >= 0.6 is 0 Å². The Balaban J connectivity index is 1.45. The molecule has 1 saturated heterocycles. The summed E-state index contributed by atoms with van der Waals surface area (Å²) in [6.45, 7) is 2.75. The van der Waals surface area contributed by atoms with E-state index in [-0.39, 0.29) is 49.0 Å². The molecule has 8 nitrogen and oxygen atoms in total. The van der Waals surface area contributed by atoms with E-state index in [0.29, 0.717) is 36.4 Å². The molecule has 3 atom stereocenters. The van der Waals surface area contributed by atoms with Crippen molar-refractivity contribution in [2.75, 3.05) is 25.5 Å². The van der Waals surface area contributed by atoms with Gasteiger partial charge in [0.15, 0.2) is 0 Å². The molecule has 2 aliphatic rings. The number of hydrogen-bond donors (Lipinski definition) is 2. The first-order valence-electron chi connectivity index (χ1n) is 11.7. The summed E-state index contributed by atoms with van der Waals surface area (Å²) in [7, 11) is 1.77. The summed E-state index contributed by atoms with van der Waals surface area (Å²) >= 11 is 0. The van der Waals surface area contributed by atoms with Gasteiger partial charge in [-0.2, -0.15) is 0 Å². The maximum Gasteiger partial charge on any atom is 0.257 e. The molecule has 0 aromatic heterocycles. The third kappa shape index (κ3) is 5.56. The molecule has 2 aliphatic heterocycles. The van der Waals surface area contributed by atoms with Crippen molar-refractivity contribution in [1.82, 2.24) is 10.2 Å². The number of hydrogen-bond acceptors (Lipinski definition) is 5. The lowest BCUT2D eigenvalue weighted by Gasteiger charge is -2.42. The van der Waals surface area contributed by atoms with Crippen LogP contribution in [0.5, 0.6) is 5.75 Å². The van der Waals surface area contributed by atoms with E-state index in [9.17, 15) is 14.4 Å².